The lowest BCUT2D eigenvalue weighted by molar-refractivity contribution is -0.143. The second-order valence-electron chi connectivity index (χ2n) is 10.7. The van der Waals surface area contributed by atoms with Gasteiger partial charge in [0.1, 0.15) is 24.5 Å². The fourth-order valence-electron chi connectivity index (χ4n) is 4.45. The largest absolute Gasteiger partial charge is 0.489 e. The highest BCUT2D eigenvalue weighted by Crippen LogP contribution is 2.34. The number of nitrogens with zero attached hydrogens (tertiary/aromatic N) is 2. The Morgan fingerprint density at radius 3 is 2.39 bits per heavy atom. The van der Waals surface area contributed by atoms with Crippen molar-refractivity contribution in [3.63, 3.8) is 0 Å². The molecule has 11 heteroatoms. The first-order valence-corrected chi connectivity index (χ1v) is 13.6. The maximum Gasteiger partial charge on any atom is 0.416 e. The van der Waals surface area contributed by atoms with Gasteiger partial charge in [-0.3, -0.25) is 14.5 Å². The summed E-state index contributed by atoms with van der Waals surface area (Å²) in [7, 11) is 0. The minimum absolute atomic E-state index is 0.0394. The van der Waals surface area contributed by atoms with Crippen LogP contribution in [0.4, 0.5) is 23.7 Å². The molecule has 1 heterocycles. The molecule has 0 atom stereocenters. The lowest BCUT2D eigenvalue weighted by Gasteiger charge is -2.28. The van der Waals surface area contributed by atoms with E-state index in [2.05, 4.69) is 0 Å². The van der Waals surface area contributed by atoms with E-state index < -0.39 is 29.4 Å². The summed E-state index contributed by atoms with van der Waals surface area (Å²) < 4.78 is 56.4. The molecule has 0 bridgehead atoms. The predicted octanol–water partition coefficient (Wildman–Crippen LogP) is 5.93. The first kappa shape index (κ1) is 31.8. The number of rotatable bonds is 10. The SMILES string of the molecule is CCOC(=O)CCN(CC(=O)N1CCc2cc(OCc3ccc(CC)c(C(F)(F)F)c3)ccc21)C(=O)OC(C)(C)C. The zero-order valence-corrected chi connectivity index (χ0v) is 24.1. The van der Waals surface area contributed by atoms with E-state index in [1.165, 1.54) is 11.0 Å². The molecule has 224 valence electrons. The number of anilines is 1. The van der Waals surface area contributed by atoms with Crippen molar-refractivity contribution in [2.45, 2.75) is 72.3 Å². The van der Waals surface area contributed by atoms with Crippen molar-refractivity contribution in [3.05, 3.63) is 58.7 Å². The van der Waals surface area contributed by atoms with E-state index in [0.717, 1.165) is 11.6 Å². The number of halogens is 3. The van der Waals surface area contributed by atoms with E-state index in [9.17, 15) is 27.6 Å². The van der Waals surface area contributed by atoms with E-state index in [1.807, 2.05) is 0 Å². The number of hydrogen-bond acceptors (Lipinski definition) is 6. The molecule has 0 unspecified atom stereocenters. The van der Waals surface area contributed by atoms with Crippen LogP contribution in [0.15, 0.2) is 36.4 Å². The van der Waals surface area contributed by atoms with Crippen LogP contribution >= 0.6 is 0 Å². The van der Waals surface area contributed by atoms with Crippen molar-refractivity contribution in [2.75, 3.05) is 31.1 Å². The summed E-state index contributed by atoms with van der Waals surface area (Å²) in [5.74, 6) is -0.359. The molecular weight excluding hydrogens is 541 g/mol. The maximum atomic E-state index is 13.4. The second kappa shape index (κ2) is 13.3. The van der Waals surface area contributed by atoms with Crippen molar-refractivity contribution in [3.8, 4) is 5.75 Å². The second-order valence-corrected chi connectivity index (χ2v) is 10.7. The van der Waals surface area contributed by atoms with Gasteiger partial charge in [0, 0.05) is 18.8 Å². The average Bonchev–Trinajstić information content (AvgIpc) is 3.31. The average molecular weight is 579 g/mol. The predicted molar refractivity (Wildman–Crippen MR) is 147 cm³/mol. The number of amides is 2. The Labute approximate surface area is 238 Å². The topological polar surface area (TPSA) is 85.4 Å². The lowest BCUT2D eigenvalue weighted by Crippen LogP contribution is -2.45. The minimum atomic E-state index is -4.44. The molecule has 1 aliphatic heterocycles. The van der Waals surface area contributed by atoms with Crippen LogP contribution in [-0.4, -0.2) is 54.7 Å². The Morgan fingerprint density at radius 1 is 1.02 bits per heavy atom. The molecule has 2 aromatic rings. The van der Waals surface area contributed by atoms with Crippen LogP contribution in [-0.2, 0) is 44.7 Å². The third-order valence-corrected chi connectivity index (χ3v) is 6.38. The van der Waals surface area contributed by atoms with Gasteiger partial charge in [0.15, 0.2) is 0 Å². The van der Waals surface area contributed by atoms with Gasteiger partial charge in [0.05, 0.1) is 18.6 Å². The van der Waals surface area contributed by atoms with Gasteiger partial charge in [-0.25, -0.2) is 4.79 Å². The molecule has 0 aromatic heterocycles. The molecule has 8 nitrogen and oxygen atoms in total. The monoisotopic (exact) mass is 578 g/mol. The molecule has 0 fully saturated rings. The number of esters is 1. The standard InChI is InChI=1S/C30H37F3N2O6/c1-6-21-9-8-20(16-24(21)30(31,32)33)19-40-23-10-11-25-22(17-23)12-15-35(25)26(36)18-34(14-13-27(37)39-7-2)28(38)41-29(3,4)5/h8-11,16-17H,6-7,12-15,18-19H2,1-5H3. The molecule has 0 radical (unpaired) electrons. The fourth-order valence-corrected chi connectivity index (χ4v) is 4.45. The van der Waals surface area contributed by atoms with Crippen molar-refractivity contribution in [1.82, 2.24) is 4.90 Å². The molecule has 41 heavy (non-hydrogen) atoms. The first-order valence-electron chi connectivity index (χ1n) is 13.6. The Kier molecular flexibility index (Phi) is 10.3. The number of carbonyl (C=O) groups excluding carboxylic acids is 3. The van der Waals surface area contributed by atoms with Gasteiger partial charge in [-0.05, 0) is 81.5 Å². The number of aryl methyl sites for hydroxylation is 1. The molecule has 0 N–H and O–H groups in total. The van der Waals surface area contributed by atoms with Gasteiger partial charge < -0.3 is 19.1 Å². The third-order valence-electron chi connectivity index (χ3n) is 6.38. The molecule has 0 saturated carbocycles. The van der Waals surface area contributed by atoms with Crippen LogP contribution < -0.4 is 9.64 Å². The van der Waals surface area contributed by atoms with Crippen molar-refractivity contribution >= 4 is 23.7 Å². The lowest BCUT2D eigenvalue weighted by atomic mass is 10.0. The number of fused-ring (bicyclic) bond motifs is 1. The zero-order valence-electron chi connectivity index (χ0n) is 24.1. The van der Waals surface area contributed by atoms with Gasteiger partial charge in [-0.2, -0.15) is 13.2 Å². The number of hydrogen-bond donors (Lipinski definition) is 0. The van der Waals surface area contributed by atoms with Crippen LogP contribution in [0.3, 0.4) is 0 Å². The van der Waals surface area contributed by atoms with Crippen molar-refractivity contribution in [2.24, 2.45) is 0 Å². The first-order chi connectivity index (χ1) is 19.2. The summed E-state index contributed by atoms with van der Waals surface area (Å²) in [4.78, 5) is 40.6. The van der Waals surface area contributed by atoms with Crippen LogP contribution in [0, 0.1) is 0 Å². The Morgan fingerprint density at radius 2 is 1.76 bits per heavy atom. The normalized spacial score (nSPS) is 13.0. The van der Waals surface area contributed by atoms with Crippen LogP contribution in [0.5, 0.6) is 5.75 Å². The van der Waals surface area contributed by atoms with E-state index >= 15 is 0 Å². The highest BCUT2D eigenvalue weighted by molar-refractivity contribution is 5.98. The van der Waals surface area contributed by atoms with Crippen molar-refractivity contribution < 1.29 is 41.8 Å². The Balaban J connectivity index is 1.68. The summed E-state index contributed by atoms with van der Waals surface area (Å²) >= 11 is 0. The van der Waals surface area contributed by atoms with Gasteiger partial charge in [0.25, 0.3) is 0 Å². The zero-order chi connectivity index (χ0) is 30.4. The molecule has 0 saturated heterocycles. The number of carbonyl (C=O) groups is 3. The molecule has 1 aliphatic rings. The Bertz CT molecular complexity index is 1260. The quantitative estimate of drug-likeness (QED) is 0.325. The van der Waals surface area contributed by atoms with Crippen molar-refractivity contribution in [1.29, 1.82) is 0 Å². The molecule has 2 aromatic carbocycles. The fraction of sp³-hybridized carbons (Fsp3) is 0.500. The summed E-state index contributed by atoms with van der Waals surface area (Å²) in [6.45, 7) is 8.71. The van der Waals surface area contributed by atoms with E-state index in [-0.39, 0.29) is 50.6 Å². The number of alkyl halides is 3. The van der Waals surface area contributed by atoms with E-state index in [1.54, 1.807) is 63.8 Å². The van der Waals surface area contributed by atoms with Gasteiger partial charge in [-0.15, -0.1) is 0 Å². The highest BCUT2D eigenvalue weighted by Gasteiger charge is 2.33. The molecule has 0 aliphatic carbocycles. The number of benzene rings is 2. The van der Waals surface area contributed by atoms with Crippen LogP contribution in [0.1, 0.15) is 63.3 Å². The van der Waals surface area contributed by atoms with Crippen LogP contribution in [0.25, 0.3) is 0 Å². The number of ether oxygens (including phenoxy) is 3. The van der Waals surface area contributed by atoms with Gasteiger partial charge in [-0.1, -0.05) is 19.1 Å². The molecule has 2 amide bonds. The summed E-state index contributed by atoms with van der Waals surface area (Å²) in [5.41, 5.74) is 0.677. The summed E-state index contributed by atoms with van der Waals surface area (Å²) in [5, 5.41) is 0. The summed E-state index contributed by atoms with van der Waals surface area (Å²) in [6, 6.07) is 9.35. The Hall–Kier alpha value is -3.76. The molecular formula is C30H37F3N2O6. The third kappa shape index (κ3) is 8.86. The maximum absolute atomic E-state index is 13.4. The van der Waals surface area contributed by atoms with Crippen LogP contribution in [0.2, 0.25) is 0 Å². The highest BCUT2D eigenvalue weighted by atomic mass is 19.4. The summed E-state index contributed by atoms with van der Waals surface area (Å²) in [6.07, 6.45) is -4.42. The smallest absolute Gasteiger partial charge is 0.416 e. The van der Waals surface area contributed by atoms with Gasteiger partial charge in [0.2, 0.25) is 5.91 Å². The minimum Gasteiger partial charge on any atom is -0.489 e. The van der Waals surface area contributed by atoms with Gasteiger partial charge >= 0.3 is 18.2 Å². The van der Waals surface area contributed by atoms with E-state index in [4.69, 9.17) is 14.2 Å². The molecule has 3 rings (SSSR count). The van der Waals surface area contributed by atoms with E-state index in [0.29, 0.717) is 30.0 Å². The molecule has 0 spiro atoms.